The van der Waals surface area contributed by atoms with Crippen LogP contribution in [0.2, 0.25) is 0 Å². The Bertz CT molecular complexity index is 985. The molecule has 1 heterocycles. The summed E-state index contributed by atoms with van der Waals surface area (Å²) in [6.07, 6.45) is -1.68. The van der Waals surface area contributed by atoms with E-state index in [1.807, 2.05) is 30.3 Å². The van der Waals surface area contributed by atoms with Gasteiger partial charge >= 0.3 is 12.1 Å². The molecule has 1 aliphatic rings. The number of methoxy groups -OCH3 is 1. The maximum atomic E-state index is 13.0. The molecule has 1 aliphatic heterocycles. The molecule has 2 aromatic rings. The first-order valence-corrected chi connectivity index (χ1v) is 11.1. The fourth-order valence-electron chi connectivity index (χ4n) is 3.84. The molecule has 0 saturated carbocycles. The standard InChI is InChI=1S/C25H30FNO7/c1-16-9-21(23(24(28)31-3)22(10-16)34-17(2)12-26)33-15-19-11-20(13-27(19)25(29)30)32-14-18-7-5-4-6-8-18/h4-10,17,19-20H,11-15H2,1-3H3,(H,29,30)/t17-,19-,20+/m1/s1. The van der Waals surface area contributed by atoms with Gasteiger partial charge in [-0.15, -0.1) is 0 Å². The zero-order valence-electron chi connectivity index (χ0n) is 19.5. The summed E-state index contributed by atoms with van der Waals surface area (Å²) in [5, 5.41) is 9.66. The number of hydrogen-bond donors (Lipinski definition) is 1. The molecule has 184 valence electrons. The summed E-state index contributed by atoms with van der Waals surface area (Å²) in [6, 6.07) is 12.4. The number of aryl methyl sites for hydroxylation is 1. The van der Waals surface area contributed by atoms with Crippen LogP contribution in [0.4, 0.5) is 9.18 Å². The Morgan fingerprint density at radius 3 is 2.56 bits per heavy atom. The van der Waals surface area contributed by atoms with Crippen molar-refractivity contribution in [1.29, 1.82) is 0 Å². The molecule has 0 radical (unpaired) electrons. The van der Waals surface area contributed by atoms with Gasteiger partial charge in [0.1, 0.15) is 36.4 Å². The number of ether oxygens (including phenoxy) is 4. The molecule has 1 amide bonds. The van der Waals surface area contributed by atoms with Gasteiger partial charge in [0.15, 0.2) is 0 Å². The van der Waals surface area contributed by atoms with E-state index >= 15 is 0 Å². The second-order valence-electron chi connectivity index (χ2n) is 8.26. The number of benzene rings is 2. The molecule has 2 aromatic carbocycles. The first-order valence-electron chi connectivity index (χ1n) is 11.1. The van der Waals surface area contributed by atoms with E-state index < -0.39 is 30.9 Å². The van der Waals surface area contributed by atoms with Crippen molar-refractivity contribution in [3.05, 3.63) is 59.2 Å². The summed E-state index contributed by atoms with van der Waals surface area (Å²) in [5.41, 5.74) is 1.76. The third kappa shape index (κ3) is 6.38. The maximum Gasteiger partial charge on any atom is 0.407 e. The van der Waals surface area contributed by atoms with E-state index in [4.69, 9.17) is 18.9 Å². The molecule has 0 unspecified atom stereocenters. The monoisotopic (exact) mass is 475 g/mol. The number of alkyl halides is 1. The molecular weight excluding hydrogens is 445 g/mol. The number of carbonyl (C=O) groups is 2. The fraction of sp³-hybridized carbons (Fsp3) is 0.440. The quantitative estimate of drug-likeness (QED) is 0.514. The van der Waals surface area contributed by atoms with Gasteiger partial charge in [0, 0.05) is 0 Å². The number of carbonyl (C=O) groups excluding carboxylic acids is 1. The largest absolute Gasteiger partial charge is 0.490 e. The van der Waals surface area contributed by atoms with E-state index in [2.05, 4.69) is 0 Å². The summed E-state index contributed by atoms with van der Waals surface area (Å²) in [4.78, 5) is 25.6. The molecule has 3 atom stereocenters. The zero-order valence-corrected chi connectivity index (χ0v) is 19.5. The van der Waals surface area contributed by atoms with E-state index in [1.165, 1.54) is 12.0 Å². The predicted molar refractivity (Wildman–Crippen MR) is 122 cm³/mol. The summed E-state index contributed by atoms with van der Waals surface area (Å²) in [7, 11) is 1.23. The molecule has 0 aliphatic carbocycles. The van der Waals surface area contributed by atoms with Gasteiger partial charge in [0.05, 0.1) is 32.4 Å². The summed E-state index contributed by atoms with van der Waals surface area (Å²) >= 11 is 0. The van der Waals surface area contributed by atoms with Gasteiger partial charge < -0.3 is 24.1 Å². The molecule has 3 rings (SSSR count). The lowest BCUT2D eigenvalue weighted by Gasteiger charge is -2.23. The van der Waals surface area contributed by atoms with Crippen molar-refractivity contribution >= 4 is 12.1 Å². The fourth-order valence-corrected chi connectivity index (χ4v) is 3.84. The first-order chi connectivity index (χ1) is 16.3. The maximum absolute atomic E-state index is 13.0. The predicted octanol–water partition coefficient (Wildman–Crippen LogP) is 4.23. The van der Waals surface area contributed by atoms with Crippen LogP contribution in [-0.2, 0) is 16.1 Å². The number of hydrogen-bond acceptors (Lipinski definition) is 6. The molecule has 0 spiro atoms. The molecule has 34 heavy (non-hydrogen) atoms. The van der Waals surface area contributed by atoms with Crippen molar-refractivity contribution in [2.75, 3.05) is 26.9 Å². The van der Waals surface area contributed by atoms with Crippen LogP contribution in [0.3, 0.4) is 0 Å². The van der Waals surface area contributed by atoms with Gasteiger partial charge in [-0.1, -0.05) is 30.3 Å². The normalized spacial score (nSPS) is 18.4. The Hall–Kier alpha value is -3.33. The van der Waals surface area contributed by atoms with Crippen molar-refractivity contribution in [3.8, 4) is 11.5 Å². The van der Waals surface area contributed by atoms with Crippen molar-refractivity contribution in [1.82, 2.24) is 4.90 Å². The minimum absolute atomic E-state index is 0.00303. The average molecular weight is 476 g/mol. The molecular formula is C25H30FNO7. The molecule has 9 heteroatoms. The van der Waals surface area contributed by atoms with E-state index in [9.17, 15) is 19.1 Å². The highest BCUT2D eigenvalue weighted by atomic mass is 19.1. The summed E-state index contributed by atoms with van der Waals surface area (Å²) < 4.78 is 35.4. The summed E-state index contributed by atoms with van der Waals surface area (Å²) in [5.74, 6) is -0.355. The molecule has 1 fully saturated rings. The molecule has 0 bridgehead atoms. The highest BCUT2D eigenvalue weighted by Crippen LogP contribution is 2.33. The van der Waals surface area contributed by atoms with Crippen LogP contribution in [0.25, 0.3) is 0 Å². The van der Waals surface area contributed by atoms with E-state index in [0.29, 0.717) is 13.0 Å². The van der Waals surface area contributed by atoms with Crippen molar-refractivity contribution < 1.29 is 38.0 Å². The summed E-state index contributed by atoms with van der Waals surface area (Å²) in [6.45, 7) is 3.20. The van der Waals surface area contributed by atoms with Gasteiger partial charge in [-0.3, -0.25) is 4.90 Å². The lowest BCUT2D eigenvalue weighted by atomic mass is 10.1. The van der Waals surface area contributed by atoms with Gasteiger partial charge in [0.25, 0.3) is 0 Å². The van der Waals surface area contributed by atoms with Crippen molar-refractivity contribution in [2.45, 2.75) is 45.1 Å². The van der Waals surface area contributed by atoms with Crippen LogP contribution in [0.5, 0.6) is 11.5 Å². The number of likely N-dealkylation sites (tertiary alicyclic amines) is 1. The van der Waals surface area contributed by atoms with Gasteiger partial charge in [0.2, 0.25) is 0 Å². The number of halogens is 1. The van der Waals surface area contributed by atoms with E-state index in [-0.39, 0.29) is 36.3 Å². The molecule has 1 saturated heterocycles. The molecule has 0 aromatic heterocycles. The van der Waals surface area contributed by atoms with Crippen LogP contribution in [0.1, 0.15) is 34.8 Å². The van der Waals surface area contributed by atoms with E-state index in [1.54, 1.807) is 26.0 Å². The first kappa shape index (κ1) is 25.3. The van der Waals surface area contributed by atoms with Gasteiger partial charge in [-0.25, -0.2) is 14.0 Å². The Morgan fingerprint density at radius 1 is 1.21 bits per heavy atom. The average Bonchev–Trinajstić information content (AvgIpc) is 3.25. The second-order valence-corrected chi connectivity index (χ2v) is 8.26. The number of carboxylic acid groups (broad SMARTS) is 1. The number of esters is 1. The third-order valence-corrected chi connectivity index (χ3v) is 5.53. The third-order valence-electron chi connectivity index (χ3n) is 5.53. The molecule has 1 N–H and O–H groups in total. The Balaban J connectivity index is 1.74. The highest BCUT2D eigenvalue weighted by Gasteiger charge is 2.37. The van der Waals surface area contributed by atoms with Crippen molar-refractivity contribution in [3.63, 3.8) is 0 Å². The van der Waals surface area contributed by atoms with E-state index in [0.717, 1.165) is 11.1 Å². The highest BCUT2D eigenvalue weighted by molar-refractivity contribution is 5.95. The van der Waals surface area contributed by atoms with Crippen LogP contribution in [0, 0.1) is 6.92 Å². The van der Waals surface area contributed by atoms with Gasteiger partial charge in [-0.2, -0.15) is 0 Å². The number of nitrogens with zero attached hydrogens (tertiary/aromatic N) is 1. The SMILES string of the molecule is COC(=O)c1c(OC[C@H]2C[C@H](OCc3ccccc3)CN2C(=O)O)cc(C)cc1O[C@H](C)CF. The Morgan fingerprint density at radius 2 is 1.91 bits per heavy atom. The van der Waals surface area contributed by atoms with Crippen LogP contribution < -0.4 is 9.47 Å². The Labute approximate surface area is 198 Å². The van der Waals surface area contributed by atoms with Crippen LogP contribution >= 0.6 is 0 Å². The topological polar surface area (TPSA) is 94.5 Å². The minimum atomic E-state index is -1.07. The van der Waals surface area contributed by atoms with Crippen LogP contribution in [0.15, 0.2) is 42.5 Å². The van der Waals surface area contributed by atoms with Crippen molar-refractivity contribution in [2.24, 2.45) is 0 Å². The lowest BCUT2D eigenvalue weighted by Crippen LogP contribution is -2.38. The number of amides is 1. The second kappa shape index (κ2) is 11.7. The Kier molecular flexibility index (Phi) is 8.70. The van der Waals surface area contributed by atoms with Gasteiger partial charge in [-0.05, 0) is 43.5 Å². The smallest absolute Gasteiger partial charge is 0.407 e. The van der Waals surface area contributed by atoms with Crippen LogP contribution in [-0.4, -0.2) is 67.3 Å². The lowest BCUT2D eigenvalue weighted by molar-refractivity contribution is 0.0465. The number of rotatable bonds is 10. The molecule has 8 nitrogen and oxygen atoms in total. The zero-order chi connectivity index (χ0) is 24.7. The minimum Gasteiger partial charge on any atom is -0.490 e.